The number of unbranched alkanes of at least 4 members (excludes halogenated alkanes) is 1. The zero-order valence-electron chi connectivity index (χ0n) is 12.7. The predicted octanol–water partition coefficient (Wildman–Crippen LogP) is 2.04. The molecule has 1 aromatic rings. The average molecular weight is 293 g/mol. The molecule has 0 aliphatic heterocycles. The average Bonchev–Trinajstić information content (AvgIpc) is 2.50. The minimum absolute atomic E-state index is 0.144. The summed E-state index contributed by atoms with van der Waals surface area (Å²) in [5, 5.41) is 0. The Hall–Kier alpha value is -1.88. The lowest BCUT2D eigenvalue weighted by Gasteiger charge is -2.16. The number of ether oxygens (including phenoxy) is 2. The molecule has 0 heterocycles. The highest BCUT2D eigenvalue weighted by atomic mass is 16.5. The van der Waals surface area contributed by atoms with Gasteiger partial charge < -0.3 is 9.47 Å². The molecule has 116 valence electrons. The van der Waals surface area contributed by atoms with Gasteiger partial charge in [0.15, 0.2) is 0 Å². The van der Waals surface area contributed by atoms with Gasteiger partial charge in [0.1, 0.15) is 5.75 Å². The molecule has 2 amide bonds. The van der Waals surface area contributed by atoms with Gasteiger partial charge in [-0.1, -0.05) is 31.5 Å². The lowest BCUT2D eigenvalue weighted by Crippen LogP contribution is -2.33. The van der Waals surface area contributed by atoms with E-state index in [4.69, 9.17) is 9.47 Å². The van der Waals surface area contributed by atoms with Gasteiger partial charge in [0.05, 0.1) is 26.2 Å². The summed E-state index contributed by atoms with van der Waals surface area (Å²) in [7, 11) is 1.53. The molecular formula is C16H23NO4. The van der Waals surface area contributed by atoms with E-state index in [2.05, 4.69) is 6.92 Å². The SMILES string of the molecule is CCCCOc1ccccc1CC(=O)N(C=O)CCOC. The second-order valence-corrected chi connectivity index (χ2v) is 4.67. The van der Waals surface area contributed by atoms with Crippen molar-refractivity contribution in [1.82, 2.24) is 4.90 Å². The molecule has 1 rings (SSSR count). The lowest BCUT2D eigenvalue weighted by molar-refractivity contribution is -0.138. The summed E-state index contributed by atoms with van der Waals surface area (Å²) in [6, 6.07) is 7.42. The zero-order valence-corrected chi connectivity index (χ0v) is 12.7. The summed E-state index contributed by atoms with van der Waals surface area (Å²) in [5.74, 6) is 0.450. The Morgan fingerprint density at radius 2 is 2.05 bits per heavy atom. The van der Waals surface area contributed by atoms with Gasteiger partial charge in [-0.3, -0.25) is 14.5 Å². The quantitative estimate of drug-likeness (QED) is 0.489. The van der Waals surface area contributed by atoms with Crippen molar-refractivity contribution in [3.8, 4) is 5.75 Å². The molecular weight excluding hydrogens is 270 g/mol. The van der Waals surface area contributed by atoms with E-state index < -0.39 is 0 Å². The number of para-hydroxylation sites is 1. The standard InChI is InChI=1S/C16H23NO4/c1-3-4-10-21-15-8-6-5-7-14(15)12-16(19)17(13-18)9-11-20-2/h5-8,13H,3-4,9-12H2,1-2H3. The molecule has 5 nitrogen and oxygen atoms in total. The lowest BCUT2D eigenvalue weighted by atomic mass is 10.1. The van der Waals surface area contributed by atoms with Crippen molar-refractivity contribution in [3.63, 3.8) is 0 Å². The van der Waals surface area contributed by atoms with Crippen LogP contribution in [0.2, 0.25) is 0 Å². The molecule has 0 radical (unpaired) electrons. The smallest absolute Gasteiger partial charge is 0.233 e. The van der Waals surface area contributed by atoms with Gasteiger partial charge in [0, 0.05) is 12.7 Å². The van der Waals surface area contributed by atoms with E-state index in [0.29, 0.717) is 25.4 Å². The van der Waals surface area contributed by atoms with Gasteiger partial charge >= 0.3 is 0 Å². The van der Waals surface area contributed by atoms with Crippen LogP contribution in [0.4, 0.5) is 0 Å². The second-order valence-electron chi connectivity index (χ2n) is 4.67. The Balaban J connectivity index is 2.67. The van der Waals surface area contributed by atoms with E-state index >= 15 is 0 Å². The van der Waals surface area contributed by atoms with Crippen molar-refractivity contribution in [2.45, 2.75) is 26.2 Å². The predicted molar refractivity (Wildman–Crippen MR) is 80.2 cm³/mol. The van der Waals surface area contributed by atoms with Gasteiger partial charge in [-0.15, -0.1) is 0 Å². The Kier molecular flexibility index (Phi) is 8.12. The number of methoxy groups -OCH3 is 1. The Bertz CT molecular complexity index is 448. The van der Waals surface area contributed by atoms with Gasteiger partial charge in [0.2, 0.25) is 12.3 Å². The van der Waals surface area contributed by atoms with E-state index in [-0.39, 0.29) is 18.9 Å². The van der Waals surface area contributed by atoms with Crippen LogP contribution in [0.3, 0.4) is 0 Å². The maximum atomic E-state index is 12.1. The van der Waals surface area contributed by atoms with Crippen molar-refractivity contribution in [3.05, 3.63) is 29.8 Å². The fraction of sp³-hybridized carbons (Fsp3) is 0.500. The van der Waals surface area contributed by atoms with Gasteiger partial charge in [-0.2, -0.15) is 0 Å². The molecule has 0 bridgehead atoms. The summed E-state index contributed by atoms with van der Waals surface area (Å²) >= 11 is 0. The van der Waals surface area contributed by atoms with Gasteiger partial charge in [-0.05, 0) is 12.5 Å². The Labute approximate surface area is 125 Å². The second kappa shape index (κ2) is 9.94. The van der Waals surface area contributed by atoms with Crippen molar-refractivity contribution in [2.24, 2.45) is 0 Å². The summed E-state index contributed by atoms with van der Waals surface area (Å²) in [6.07, 6.45) is 2.71. The van der Waals surface area contributed by atoms with Crippen LogP contribution < -0.4 is 4.74 Å². The maximum absolute atomic E-state index is 12.1. The molecule has 0 N–H and O–H groups in total. The highest BCUT2D eigenvalue weighted by Crippen LogP contribution is 2.19. The number of hydrogen-bond acceptors (Lipinski definition) is 4. The Morgan fingerprint density at radius 3 is 2.71 bits per heavy atom. The molecule has 0 aliphatic carbocycles. The van der Waals surface area contributed by atoms with Crippen molar-refractivity contribution in [1.29, 1.82) is 0 Å². The highest BCUT2D eigenvalue weighted by molar-refractivity contribution is 5.88. The van der Waals surface area contributed by atoms with Gasteiger partial charge in [0.25, 0.3) is 0 Å². The monoisotopic (exact) mass is 293 g/mol. The van der Waals surface area contributed by atoms with Crippen LogP contribution in [-0.2, 0) is 20.7 Å². The van der Waals surface area contributed by atoms with Crippen LogP contribution in [0.15, 0.2) is 24.3 Å². The molecule has 5 heteroatoms. The molecule has 0 unspecified atom stereocenters. The molecule has 0 spiro atoms. The van der Waals surface area contributed by atoms with E-state index in [9.17, 15) is 9.59 Å². The maximum Gasteiger partial charge on any atom is 0.233 e. The number of nitrogens with zero attached hydrogens (tertiary/aromatic N) is 1. The first-order valence-electron chi connectivity index (χ1n) is 7.17. The molecule has 0 saturated carbocycles. The van der Waals surface area contributed by atoms with Crippen LogP contribution in [-0.4, -0.2) is 44.1 Å². The van der Waals surface area contributed by atoms with Crippen LogP contribution in [0.5, 0.6) is 5.75 Å². The minimum atomic E-state index is -0.256. The summed E-state index contributed by atoms with van der Waals surface area (Å²) in [5.41, 5.74) is 0.794. The van der Waals surface area contributed by atoms with Gasteiger partial charge in [-0.25, -0.2) is 0 Å². The van der Waals surface area contributed by atoms with E-state index in [1.165, 1.54) is 7.11 Å². The number of hydrogen-bond donors (Lipinski definition) is 0. The number of carbonyl (C=O) groups excluding carboxylic acids is 2. The molecule has 0 fully saturated rings. The third kappa shape index (κ3) is 5.95. The molecule has 0 aliphatic rings. The molecule has 1 aromatic carbocycles. The van der Waals surface area contributed by atoms with Crippen molar-refractivity contribution in [2.75, 3.05) is 26.9 Å². The van der Waals surface area contributed by atoms with E-state index in [1.54, 1.807) is 0 Å². The molecule has 0 atom stereocenters. The zero-order chi connectivity index (χ0) is 15.5. The van der Waals surface area contributed by atoms with Crippen LogP contribution in [0.25, 0.3) is 0 Å². The molecule has 21 heavy (non-hydrogen) atoms. The first-order valence-corrected chi connectivity index (χ1v) is 7.17. The number of imide groups is 1. The van der Waals surface area contributed by atoms with E-state index in [1.807, 2.05) is 24.3 Å². The van der Waals surface area contributed by atoms with E-state index in [0.717, 1.165) is 23.3 Å². The molecule has 0 saturated heterocycles. The molecule has 0 aromatic heterocycles. The number of carbonyl (C=O) groups is 2. The van der Waals surface area contributed by atoms with Crippen molar-refractivity contribution < 1.29 is 19.1 Å². The van der Waals surface area contributed by atoms with Crippen LogP contribution >= 0.6 is 0 Å². The number of benzene rings is 1. The number of amides is 2. The minimum Gasteiger partial charge on any atom is -0.493 e. The van der Waals surface area contributed by atoms with Crippen LogP contribution in [0.1, 0.15) is 25.3 Å². The fourth-order valence-electron chi connectivity index (χ4n) is 1.81. The number of rotatable bonds is 10. The highest BCUT2D eigenvalue weighted by Gasteiger charge is 2.15. The first-order chi connectivity index (χ1) is 10.2. The van der Waals surface area contributed by atoms with Crippen LogP contribution in [0, 0.1) is 0 Å². The summed E-state index contributed by atoms with van der Waals surface area (Å²) < 4.78 is 10.6. The Morgan fingerprint density at radius 1 is 1.29 bits per heavy atom. The fourth-order valence-corrected chi connectivity index (χ4v) is 1.81. The van der Waals surface area contributed by atoms with Crippen molar-refractivity contribution >= 4 is 12.3 Å². The largest absolute Gasteiger partial charge is 0.493 e. The summed E-state index contributed by atoms with van der Waals surface area (Å²) in [6.45, 7) is 3.32. The normalized spacial score (nSPS) is 10.2. The third-order valence-corrected chi connectivity index (χ3v) is 3.05. The first kappa shape index (κ1) is 17.2. The summed E-state index contributed by atoms with van der Waals surface area (Å²) in [4.78, 5) is 24.2. The third-order valence-electron chi connectivity index (χ3n) is 3.05. The topological polar surface area (TPSA) is 55.8 Å².